The quantitative estimate of drug-likeness (QED) is 0.769. The van der Waals surface area contributed by atoms with E-state index >= 15 is 0 Å². The van der Waals surface area contributed by atoms with Crippen LogP contribution in [0.4, 0.5) is 10.5 Å². The van der Waals surface area contributed by atoms with Crippen molar-refractivity contribution in [2.45, 2.75) is 6.54 Å². The Kier molecular flexibility index (Phi) is 3.85. The minimum Gasteiger partial charge on any atom is -0.447 e. The summed E-state index contributed by atoms with van der Waals surface area (Å²) < 4.78 is 4.93. The van der Waals surface area contributed by atoms with Crippen LogP contribution in [0.5, 0.6) is 0 Å². The lowest BCUT2D eigenvalue weighted by molar-refractivity contribution is 0.0952. The molecule has 6 heteroatoms. The maximum absolute atomic E-state index is 12.4. The van der Waals surface area contributed by atoms with E-state index in [1.807, 2.05) is 48.5 Å². The van der Waals surface area contributed by atoms with Gasteiger partial charge in [0.05, 0.1) is 12.1 Å². The van der Waals surface area contributed by atoms with Crippen molar-refractivity contribution >= 4 is 28.6 Å². The Hall–Kier alpha value is -3.28. The molecule has 126 valence electrons. The molecule has 2 amide bonds. The van der Waals surface area contributed by atoms with Crippen LogP contribution in [0.3, 0.4) is 0 Å². The van der Waals surface area contributed by atoms with Crippen LogP contribution in [0.15, 0.2) is 54.7 Å². The lowest BCUT2D eigenvalue weighted by Gasteiger charge is -2.13. The third-order valence-corrected chi connectivity index (χ3v) is 4.30. The second-order valence-corrected chi connectivity index (χ2v) is 5.86. The highest BCUT2D eigenvalue weighted by atomic mass is 16.6. The van der Waals surface area contributed by atoms with Gasteiger partial charge in [0.2, 0.25) is 0 Å². The average molecular weight is 335 g/mol. The normalized spacial score (nSPS) is 13.9. The van der Waals surface area contributed by atoms with Gasteiger partial charge in [0.25, 0.3) is 5.91 Å². The fraction of sp³-hybridized carbons (Fsp3) is 0.158. The number of nitrogens with zero attached hydrogens (tertiary/aromatic N) is 1. The molecule has 0 radical (unpaired) electrons. The number of para-hydroxylation sites is 1. The Morgan fingerprint density at radius 1 is 1.16 bits per heavy atom. The number of benzene rings is 2. The van der Waals surface area contributed by atoms with E-state index in [-0.39, 0.29) is 12.0 Å². The van der Waals surface area contributed by atoms with E-state index < -0.39 is 0 Å². The molecule has 0 aliphatic carbocycles. The molecule has 4 rings (SSSR count). The number of aromatic amines is 1. The zero-order chi connectivity index (χ0) is 17.2. The highest BCUT2D eigenvalue weighted by Crippen LogP contribution is 2.20. The number of ether oxygens (including phenoxy) is 1. The van der Waals surface area contributed by atoms with Gasteiger partial charge in [-0.3, -0.25) is 9.69 Å². The number of hydrogen-bond acceptors (Lipinski definition) is 3. The maximum atomic E-state index is 12.4. The average Bonchev–Trinajstić information content (AvgIpc) is 3.26. The second kappa shape index (κ2) is 6.32. The fourth-order valence-corrected chi connectivity index (χ4v) is 2.96. The molecule has 2 aromatic carbocycles. The molecule has 0 saturated carbocycles. The molecular formula is C19H17N3O3. The van der Waals surface area contributed by atoms with Gasteiger partial charge in [-0.25, -0.2) is 4.79 Å². The second-order valence-electron chi connectivity index (χ2n) is 5.86. The Labute approximate surface area is 144 Å². The van der Waals surface area contributed by atoms with Gasteiger partial charge in [-0.2, -0.15) is 0 Å². The number of cyclic esters (lactones) is 1. The van der Waals surface area contributed by atoms with E-state index in [0.717, 1.165) is 22.2 Å². The van der Waals surface area contributed by atoms with Crippen molar-refractivity contribution in [1.82, 2.24) is 10.3 Å². The predicted molar refractivity (Wildman–Crippen MR) is 94.6 cm³/mol. The summed E-state index contributed by atoms with van der Waals surface area (Å²) in [6.07, 6.45) is 1.41. The monoisotopic (exact) mass is 335 g/mol. The van der Waals surface area contributed by atoms with E-state index in [4.69, 9.17) is 4.74 Å². The first-order valence-corrected chi connectivity index (χ1v) is 8.10. The number of amides is 2. The number of nitrogens with one attached hydrogen (secondary N) is 2. The van der Waals surface area contributed by atoms with Crippen molar-refractivity contribution in [3.63, 3.8) is 0 Å². The summed E-state index contributed by atoms with van der Waals surface area (Å²) in [6, 6.07) is 15.2. The van der Waals surface area contributed by atoms with Crippen molar-refractivity contribution in [3.8, 4) is 0 Å². The fourth-order valence-electron chi connectivity index (χ4n) is 2.96. The molecule has 2 heterocycles. The van der Waals surface area contributed by atoms with Crippen LogP contribution in [-0.2, 0) is 11.3 Å². The number of fused-ring (bicyclic) bond motifs is 1. The van der Waals surface area contributed by atoms with Crippen LogP contribution in [0.2, 0.25) is 0 Å². The highest BCUT2D eigenvalue weighted by Gasteiger charge is 2.23. The standard InChI is InChI=1S/C19H17N3O3/c23-18(16-12-20-17-4-2-1-3-15(16)17)21-11-13-5-7-14(8-6-13)22-9-10-25-19(22)24/h1-8,12,20H,9-11H2,(H,21,23). The van der Waals surface area contributed by atoms with E-state index in [0.29, 0.717) is 25.3 Å². The number of H-pyrrole nitrogens is 1. The van der Waals surface area contributed by atoms with E-state index in [1.165, 1.54) is 0 Å². The van der Waals surface area contributed by atoms with Crippen LogP contribution in [0.1, 0.15) is 15.9 Å². The predicted octanol–water partition coefficient (Wildman–Crippen LogP) is 3.05. The molecule has 0 spiro atoms. The summed E-state index contributed by atoms with van der Waals surface area (Å²) in [5, 5.41) is 3.83. The summed E-state index contributed by atoms with van der Waals surface area (Å²) in [4.78, 5) is 28.7. The topological polar surface area (TPSA) is 74.4 Å². The van der Waals surface area contributed by atoms with Gasteiger partial charge in [-0.15, -0.1) is 0 Å². The third-order valence-electron chi connectivity index (χ3n) is 4.30. The summed E-state index contributed by atoms with van der Waals surface area (Å²) >= 11 is 0. The summed E-state index contributed by atoms with van der Waals surface area (Å²) in [5.41, 5.74) is 3.33. The minimum atomic E-state index is -0.319. The number of aromatic nitrogens is 1. The van der Waals surface area contributed by atoms with Crippen LogP contribution < -0.4 is 10.2 Å². The molecule has 1 saturated heterocycles. The van der Waals surface area contributed by atoms with Crippen LogP contribution in [0, 0.1) is 0 Å². The highest BCUT2D eigenvalue weighted by molar-refractivity contribution is 6.06. The number of anilines is 1. The molecule has 3 aromatic rings. The number of hydrogen-bond donors (Lipinski definition) is 2. The molecule has 2 N–H and O–H groups in total. The number of rotatable bonds is 4. The molecular weight excluding hydrogens is 318 g/mol. The van der Waals surface area contributed by atoms with E-state index in [2.05, 4.69) is 10.3 Å². The van der Waals surface area contributed by atoms with Crippen molar-refractivity contribution in [2.75, 3.05) is 18.1 Å². The minimum absolute atomic E-state index is 0.121. The zero-order valence-electron chi connectivity index (χ0n) is 13.5. The van der Waals surface area contributed by atoms with Gasteiger partial charge < -0.3 is 15.0 Å². The summed E-state index contributed by atoms with van der Waals surface area (Å²) in [7, 11) is 0. The first-order valence-electron chi connectivity index (χ1n) is 8.10. The lowest BCUT2D eigenvalue weighted by atomic mass is 10.1. The van der Waals surface area contributed by atoms with Crippen LogP contribution >= 0.6 is 0 Å². The first kappa shape index (κ1) is 15.3. The zero-order valence-corrected chi connectivity index (χ0v) is 13.5. The van der Waals surface area contributed by atoms with Crippen LogP contribution in [-0.4, -0.2) is 30.1 Å². The third kappa shape index (κ3) is 2.94. The Bertz CT molecular complexity index is 930. The van der Waals surface area contributed by atoms with Crippen molar-refractivity contribution in [3.05, 3.63) is 65.9 Å². The maximum Gasteiger partial charge on any atom is 0.414 e. The molecule has 1 aliphatic heterocycles. The Morgan fingerprint density at radius 3 is 2.72 bits per heavy atom. The largest absolute Gasteiger partial charge is 0.447 e. The van der Waals surface area contributed by atoms with Gasteiger partial charge in [0.15, 0.2) is 0 Å². The Balaban J connectivity index is 1.42. The van der Waals surface area contributed by atoms with Gasteiger partial charge in [0.1, 0.15) is 6.61 Å². The molecule has 25 heavy (non-hydrogen) atoms. The number of carbonyl (C=O) groups excluding carboxylic acids is 2. The van der Waals surface area contributed by atoms with Crippen molar-refractivity contribution in [1.29, 1.82) is 0 Å². The molecule has 0 bridgehead atoms. The molecule has 6 nitrogen and oxygen atoms in total. The molecule has 0 atom stereocenters. The molecule has 1 fully saturated rings. The molecule has 0 unspecified atom stereocenters. The Morgan fingerprint density at radius 2 is 1.96 bits per heavy atom. The smallest absolute Gasteiger partial charge is 0.414 e. The summed E-state index contributed by atoms with van der Waals surface area (Å²) in [5.74, 6) is -0.121. The SMILES string of the molecule is O=C(NCc1ccc(N2CCOC2=O)cc1)c1c[nH]c2ccccc12. The molecule has 1 aliphatic rings. The van der Waals surface area contributed by atoms with Crippen LogP contribution in [0.25, 0.3) is 10.9 Å². The van der Waals surface area contributed by atoms with E-state index in [9.17, 15) is 9.59 Å². The first-order chi connectivity index (χ1) is 12.2. The van der Waals surface area contributed by atoms with Gasteiger partial charge >= 0.3 is 6.09 Å². The summed E-state index contributed by atoms with van der Waals surface area (Å²) in [6.45, 7) is 1.40. The molecule has 1 aromatic heterocycles. The van der Waals surface area contributed by atoms with Gasteiger partial charge in [-0.1, -0.05) is 30.3 Å². The number of carbonyl (C=O) groups is 2. The van der Waals surface area contributed by atoms with Crippen molar-refractivity contribution in [2.24, 2.45) is 0 Å². The van der Waals surface area contributed by atoms with Gasteiger partial charge in [-0.05, 0) is 23.8 Å². The van der Waals surface area contributed by atoms with Crippen molar-refractivity contribution < 1.29 is 14.3 Å². The van der Waals surface area contributed by atoms with E-state index in [1.54, 1.807) is 11.1 Å². The lowest BCUT2D eigenvalue weighted by Crippen LogP contribution is -2.24. The van der Waals surface area contributed by atoms with Gasteiger partial charge in [0, 0.05) is 29.3 Å².